The Morgan fingerprint density at radius 1 is 0.891 bits per heavy atom. The summed E-state index contributed by atoms with van der Waals surface area (Å²) in [5.41, 5.74) is 2.06. The molecular formula is C37H37NO7S. The van der Waals surface area contributed by atoms with Crippen LogP contribution in [0.3, 0.4) is 0 Å². The Morgan fingerprint density at radius 3 is 2.22 bits per heavy atom. The van der Waals surface area contributed by atoms with Gasteiger partial charge >= 0.3 is 5.97 Å². The molecule has 238 valence electrons. The second kappa shape index (κ2) is 14.1. The summed E-state index contributed by atoms with van der Waals surface area (Å²) in [6.45, 7) is 5.69. The Morgan fingerprint density at radius 2 is 1.59 bits per heavy atom. The maximum absolute atomic E-state index is 14.7. The van der Waals surface area contributed by atoms with Crippen molar-refractivity contribution >= 4 is 34.7 Å². The van der Waals surface area contributed by atoms with E-state index < -0.39 is 29.4 Å². The minimum absolute atomic E-state index is 0.135. The van der Waals surface area contributed by atoms with Gasteiger partial charge in [-0.3, -0.25) is 14.5 Å². The number of hydrogen-bond acceptors (Lipinski definition) is 8. The Kier molecular flexibility index (Phi) is 10.0. The van der Waals surface area contributed by atoms with Gasteiger partial charge in [-0.05, 0) is 53.1 Å². The number of Topliss-reactive ketones (excluding diaryl/α,β-unsaturated/α-hetero) is 1. The van der Waals surface area contributed by atoms with Gasteiger partial charge in [-0.1, -0.05) is 74.5 Å². The highest BCUT2D eigenvalue weighted by atomic mass is 32.1. The van der Waals surface area contributed by atoms with E-state index in [0.29, 0.717) is 29.2 Å². The second-order valence-electron chi connectivity index (χ2n) is 11.3. The minimum Gasteiger partial charge on any atom is -0.491 e. The number of nitrogens with zero attached hydrogens (tertiary/aromatic N) is 1. The average Bonchev–Trinajstić information content (AvgIpc) is 3.71. The molecule has 3 aromatic carbocycles. The number of benzene rings is 3. The Labute approximate surface area is 273 Å². The van der Waals surface area contributed by atoms with Gasteiger partial charge in [0.25, 0.3) is 5.91 Å². The third-order valence-electron chi connectivity index (χ3n) is 7.94. The topological polar surface area (TPSA) is 91.4 Å². The molecule has 4 aromatic rings. The number of hydrogen-bond donors (Lipinski definition) is 0. The molecule has 0 saturated carbocycles. The van der Waals surface area contributed by atoms with Crippen molar-refractivity contribution in [2.45, 2.75) is 32.4 Å². The SMILES string of the molecule is COCCOc1ccccc1C1C(C(=O)C(C)C)=C(O[C@](C)(C(=O)OC)c2ccccc2)C(=O)N1c1ccc(-c2ccsc2)cc1. The fourth-order valence-corrected chi connectivity index (χ4v) is 6.17. The summed E-state index contributed by atoms with van der Waals surface area (Å²) < 4.78 is 23.0. The molecule has 2 atom stereocenters. The highest BCUT2D eigenvalue weighted by Crippen LogP contribution is 2.47. The fraction of sp³-hybridized carbons (Fsp3) is 0.270. The summed E-state index contributed by atoms with van der Waals surface area (Å²) in [5, 5.41) is 4.06. The van der Waals surface area contributed by atoms with E-state index in [1.165, 1.54) is 7.11 Å². The zero-order valence-electron chi connectivity index (χ0n) is 26.5. The van der Waals surface area contributed by atoms with Crippen molar-refractivity contribution in [3.63, 3.8) is 0 Å². The molecule has 2 heterocycles. The lowest BCUT2D eigenvalue weighted by atomic mass is 9.90. The maximum atomic E-state index is 14.7. The lowest BCUT2D eigenvalue weighted by Gasteiger charge is -2.29. The molecular weight excluding hydrogens is 602 g/mol. The first-order valence-corrected chi connectivity index (χ1v) is 15.9. The van der Waals surface area contributed by atoms with Gasteiger partial charge in [-0.2, -0.15) is 11.3 Å². The van der Waals surface area contributed by atoms with E-state index in [2.05, 4.69) is 5.38 Å². The predicted molar refractivity (Wildman–Crippen MR) is 178 cm³/mol. The molecule has 0 saturated heterocycles. The van der Waals surface area contributed by atoms with E-state index in [1.807, 2.05) is 60.0 Å². The second-order valence-corrected chi connectivity index (χ2v) is 12.1. The van der Waals surface area contributed by atoms with Crippen molar-refractivity contribution in [2.24, 2.45) is 5.92 Å². The normalized spacial score (nSPS) is 16.0. The molecule has 0 fully saturated rings. The summed E-state index contributed by atoms with van der Waals surface area (Å²) in [6, 6.07) is 24.8. The number of carbonyl (C=O) groups is 3. The monoisotopic (exact) mass is 639 g/mol. The van der Waals surface area contributed by atoms with Gasteiger partial charge in [-0.15, -0.1) is 0 Å². The van der Waals surface area contributed by atoms with Crippen molar-refractivity contribution in [2.75, 3.05) is 32.3 Å². The quantitative estimate of drug-likeness (QED) is 0.114. The van der Waals surface area contributed by atoms with Crippen molar-refractivity contribution in [1.29, 1.82) is 0 Å². The average molecular weight is 640 g/mol. The van der Waals surface area contributed by atoms with E-state index in [9.17, 15) is 14.4 Å². The number of anilines is 1. The molecule has 1 amide bonds. The number of ether oxygens (including phenoxy) is 4. The van der Waals surface area contributed by atoms with E-state index in [1.54, 1.807) is 74.4 Å². The van der Waals surface area contributed by atoms with Crippen molar-refractivity contribution in [3.05, 3.63) is 118 Å². The first-order chi connectivity index (χ1) is 22.2. The molecule has 9 heteroatoms. The van der Waals surface area contributed by atoms with Crippen LogP contribution in [0.25, 0.3) is 11.1 Å². The molecule has 1 aromatic heterocycles. The molecule has 1 unspecified atom stereocenters. The largest absolute Gasteiger partial charge is 0.491 e. The molecule has 0 spiro atoms. The number of amides is 1. The predicted octanol–water partition coefficient (Wildman–Crippen LogP) is 7.11. The van der Waals surface area contributed by atoms with Crippen LogP contribution in [0.15, 0.2) is 107 Å². The van der Waals surface area contributed by atoms with Crippen molar-refractivity contribution < 1.29 is 33.3 Å². The van der Waals surface area contributed by atoms with Crippen molar-refractivity contribution in [1.82, 2.24) is 0 Å². The van der Waals surface area contributed by atoms with E-state index >= 15 is 0 Å². The highest BCUT2D eigenvalue weighted by Gasteiger charge is 2.51. The zero-order valence-corrected chi connectivity index (χ0v) is 27.3. The molecule has 1 aliphatic heterocycles. The number of carbonyl (C=O) groups excluding carboxylic acids is 3. The van der Waals surface area contributed by atoms with Crippen molar-refractivity contribution in [3.8, 4) is 16.9 Å². The third-order valence-corrected chi connectivity index (χ3v) is 8.63. The summed E-state index contributed by atoms with van der Waals surface area (Å²) in [6.07, 6.45) is 0. The van der Waals surface area contributed by atoms with Gasteiger partial charge < -0.3 is 18.9 Å². The first kappa shape index (κ1) is 32.7. The fourth-order valence-electron chi connectivity index (χ4n) is 5.50. The van der Waals surface area contributed by atoms with Crippen LogP contribution in [0.2, 0.25) is 0 Å². The van der Waals surface area contributed by atoms with E-state index in [4.69, 9.17) is 18.9 Å². The molecule has 46 heavy (non-hydrogen) atoms. The van der Waals surface area contributed by atoms with Crippen LogP contribution in [0.4, 0.5) is 5.69 Å². The molecule has 0 radical (unpaired) electrons. The molecule has 0 bridgehead atoms. The van der Waals surface area contributed by atoms with E-state index in [0.717, 1.165) is 11.1 Å². The number of methoxy groups -OCH3 is 2. The highest BCUT2D eigenvalue weighted by molar-refractivity contribution is 7.08. The number of esters is 1. The smallest absolute Gasteiger partial charge is 0.354 e. The van der Waals surface area contributed by atoms with Gasteiger partial charge in [0.15, 0.2) is 11.5 Å². The first-order valence-electron chi connectivity index (χ1n) is 15.0. The van der Waals surface area contributed by atoms with Gasteiger partial charge in [0.05, 0.1) is 25.3 Å². The number of ketones is 1. The number of rotatable bonds is 13. The summed E-state index contributed by atoms with van der Waals surface area (Å²) in [4.78, 5) is 43.9. The summed E-state index contributed by atoms with van der Waals surface area (Å²) >= 11 is 1.60. The Bertz CT molecular complexity index is 1710. The molecule has 5 rings (SSSR count). The zero-order chi connectivity index (χ0) is 32.8. The van der Waals surface area contributed by atoms with Gasteiger partial charge in [-0.25, -0.2) is 4.79 Å². The maximum Gasteiger partial charge on any atom is 0.354 e. The van der Waals surface area contributed by atoms with E-state index in [-0.39, 0.29) is 23.7 Å². The van der Waals surface area contributed by atoms with Gasteiger partial charge in [0, 0.05) is 29.8 Å². The van der Waals surface area contributed by atoms with Crippen LogP contribution >= 0.6 is 11.3 Å². The number of para-hydroxylation sites is 1. The summed E-state index contributed by atoms with van der Waals surface area (Å²) in [5.74, 6) is -1.78. The number of thiophene rings is 1. The minimum atomic E-state index is -1.73. The van der Waals surface area contributed by atoms with Crippen LogP contribution in [0.5, 0.6) is 5.75 Å². The van der Waals surface area contributed by atoms with Crippen LogP contribution < -0.4 is 9.64 Å². The van der Waals surface area contributed by atoms with Gasteiger partial charge in [0.1, 0.15) is 12.4 Å². The van der Waals surface area contributed by atoms with Crippen LogP contribution in [-0.4, -0.2) is 45.1 Å². The van der Waals surface area contributed by atoms with Crippen LogP contribution in [-0.2, 0) is 34.2 Å². The standard InChI is InChI=1S/C37H37NO7S/c1-24(2)33(39)31-32(29-13-9-10-14-30(29)44-21-20-42-4)38(28-17-15-25(16-18-28)26-19-22-46-23-26)35(40)34(31)45-37(3,36(41)43-5)27-11-7-6-8-12-27/h6-19,22-24,32H,20-21H2,1-5H3/t32?,37-/m0/s1. The Hall–Kier alpha value is -4.73. The molecule has 1 aliphatic rings. The van der Waals surface area contributed by atoms with Crippen LogP contribution in [0.1, 0.15) is 37.9 Å². The summed E-state index contributed by atoms with van der Waals surface area (Å²) in [7, 11) is 2.85. The Balaban J connectivity index is 1.72. The van der Waals surface area contributed by atoms with Gasteiger partial charge in [0.2, 0.25) is 5.60 Å². The molecule has 0 aliphatic carbocycles. The molecule has 0 N–H and O–H groups in total. The molecule has 8 nitrogen and oxygen atoms in total. The third kappa shape index (κ3) is 6.34. The lowest BCUT2D eigenvalue weighted by molar-refractivity contribution is -0.164. The lowest BCUT2D eigenvalue weighted by Crippen LogP contribution is -2.38. The van der Waals surface area contributed by atoms with Crippen LogP contribution in [0, 0.1) is 5.92 Å².